The number of nitrogens with one attached hydrogen (secondary N) is 1. The number of rotatable bonds is 8. The molecule has 3 N–H and O–H groups in total. The fourth-order valence-electron chi connectivity index (χ4n) is 2.48. The summed E-state index contributed by atoms with van der Waals surface area (Å²) >= 11 is 5.29. The standard InChI is InChI=1S/C14H29N3OS/c1-16-14(19)17(11-7-3-6-10-15)18-12-13-8-4-2-5-9-13/h13H,2-12,15H2,1H3,(H,16,19). The first-order chi connectivity index (χ1) is 9.27. The molecule has 4 nitrogen and oxygen atoms in total. The molecule has 0 heterocycles. The maximum Gasteiger partial charge on any atom is 0.192 e. The number of hydroxylamine groups is 2. The van der Waals surface area contributed by atoms with Crippen molar-refractivity contribution in [2.75, 3.05) is 26.7 Å². The van der Waals surface area contributed by atoms with Gasteiger partial charge in [-0.05, 0) is 50.4 Å². The summed E-state index contributed by atoms with van der Waals surface area (Å²) in [5.74, 6) is 0.708. The minimum Gasteiger partial charge on any atom is -0.364 e. The largest absolute Gasteiger partial charge is 0.364 e. The van der Waals surface area contributed by atoms with Gasteiger partial charge in [-0.25, -0.2) is 5.06 Å². The van der Waals surface area contributed by atoms with E-state index in [4.69, 9.17) is 22.8 Å². The first kappa shape index (κ1) is 16.7. The van der Waals surface area contributed by atoms with Crippen molar-refractivity contribution in [3.05, 3.63) is 0 Å². The first-order valence-corrected chi connectivity index (χ1v) is 8.01. The van der Waals surface area contributed by atoms with Gasteiger partial charge in [-0.1, -0.05) is 25.7 Å². The lowest BCUT2D eigenvalue weighted by Crippen LogP contribution is -2.39. The Morgan fingerprint density at radius 3 is 2.63 bits per heavy atom. The molecule has 0 aliphatic heterocycles. The molecule has 0 aromatic carbocycles. The van der Waals surface area contributed by atoms with E-state index in [-0.39, 0.29) is 0 Å². The van der Waals surface area contributed by atoms with Crippen LogP contribution in [-0.4, -0.2) is 36.9 Å². The Bertz CT molecular complexity index is 245. The van der Waals surface area contributed by atoms with E-state index in [2.05, 4.69) is 5.32 Å². The van der Waals surface area contributed by atoms with Crippen LogP contribution in [0.4, 0.5) is 0 Å². The number of thiocarbonyl (C=S) groups is 1. The van der Waals surface area contributed by atoms with Gasteiger partial charge in [0.15, 0.2) is 5.11 Å². The quantitative estimate of drug-likeness (QED) is 0.408. The van der Waals surface area contributed by atoms with Gasteiger partial charge in [-0.15, -0.1) is 0 Å². The highest BCUT2D eigenvalue weighted by atomic mass is 32.1. The molecule has 0 unspecified atom stereocenters. The lowest BCUT2D eigenvalue weighted by molar-refractivity contribution is -0.117. The van der Waals surface area contributed by atoms with Crippen molar-refractivity contribution in [3.8, 4) is 0 Å². The smallest absolute Gasteiger partial charge is 0.192 e. The van der Waals surface area contributed by atoms with Crippen LogP contribution >= 0.6 is 12.2 Å². The lowest BCUT2D eigenvalue weighted by atomic mass is 9.90. The molecule has 0 spiro atoms. The topological polar surface area (TPSA) is 50.5 Å². The summed E-state index contributed by atoms with van der Waals surface area (Å²) in [6.07, 6.45) is 9.95. The fourth-order valence-corrected chi connectivity index (χ4v) is 2.62. The van der Waals surface area contributed by atoms with Crippen LogP contribution < -0.4 is 11.1 Å². The van der Waals surface area contributed by atoms with Crippen LogP contribution in [0.15, 0.2) is 0 Å². The van der Waals surface area contributed by atoms with Crippen LogP contribution in [0.3, 0.4) is 0 Å². The van der Waals surface area contributed by atoms with Gasteiger partial charge in [-0.3, -0.25) is 4.84 Å². The first-order valence-electron chi connectivity index (χ1n) is 7.60. The molecule has 0 aromatic rings. The molecule has 0 atom stereocenters. The SMILES string of the molecule is CNC(=S)N(CCCCCN)OCC1CCCCC1. The van der Waals surface area contributed by atoms with Crippen LogP contribution in [0.25, 0.3) is 0 Å². The third-order valence-electron chi connectivity index (χ3n) is 3.70. The molecule has 0 saturated heterocycles. The Kier molecular flexibility index (Phi) is 9.12. The van der Waals surface area contributed by atoms with Crippen LogP contribution in [0.5, 0.6) is 0 Å². The Morgan fingerprint density at radius 2 is 2.00 bits per heavy atom. The Hall–Kier alpha value is -0.390. The van der Waals surface area contributed by atoms with Crippen LogP contribution in [-0.2, 0) is 4.84 Å². The molecule has 19 heavy (non-hydrogen) atoms. The van der Waals surface area contributed by atoms with Crippen molar-refractivity contribution in [1.82, 2.24) is 10.4 Å². The van der Waals surface area contributed by atoms with Crippen molar-refractivity contribution < 1.29 is 4.84 Å². The number of unbranched alkanes of at least 4 members (excludes halogenated alkanes) is 2. The molecule has 0 bridgehead atoms. The highest BCUT2D eigenvalue weighted by molar-refractivity contribution is 7.80. The van der Waals surface area contributed by atoms with E-state index in [1.165, 1.54) is 32.1 Å². The molecule has 0 radical (unpaired) electrons. The van der Waals surface area contributed by atoms with Gasteiger partial charge < -0.3 is 11.1 Å². The summed E-state index contributed by atoms with van der Waals surface area (Å²) in [5.41, 5.74) is 5.50. The summed E-state index contributed by atoms with van der Waals surface area (Å²) < 4.78 is 0. The molecule has 1 saturated carbocycles. The maximum atomic E-state index is 5.91. The Balaban J connectivity index is 2.25. The number of nitrogens with two attached hydrogens (primary N) is 1. The zero-order chi connectivity index (χ0) is 13.9. The van der Waals surface area contributed by atoms with Gasteiger partial charge in [-0.2, -0.15) is 0 Å². The van der Waals surface area contributed by atoms with E-state index < -0.39 is 0 Å². The van der Waals surface area contributed by atoms with Crippen molar-refractivity contribution >= 4 is 17.3 Å². The number of nitrogens with zero attached hydrogens (tertiary/aromatic N) is 1. The van der Waals surface area contributed by atoms with E-state index in [1.807, 2.05) is 12.1 Å². The van der Waals surface area contributed by atoms with Gasteiger partial charge in [0.1, 0.15) is 0 Å². The third kappa shape index (κ3) is 7.09. The molecule has 5 heteroatoms. The molecule has 1 rings (SSSR count). The van der Waals surface area contributed by atoms with Gasteiger partial charge in [0.25, 0.3) is 0 Å². The van der Waals surface area contributed by atoms with Gasteiger partial charge in [0.2, 0.25) is 0 Å². The van der Waals surface area contributed by atoms with E-state index in [1.54, 1.807) is 0 Å². The predicted octanol–water partition coefficient (Wildman–Crippen LogP) is 2.43. The van der Waals surface area contributed by atoms with Crippen molar-refractivity contribution in [3.63, 3.8) is 0 Å². The van der Waals surface area contributed by atoms with Crippen LogP contribution in [0.2, 0.25) is 0 Å². The summed E-state index contributed by atoms with van der Waals surface area (Å²) in [7, 11) is 1.85. The normalized spacial score (nSPS) is 16.3. The second-order valence-electron chi connectivity index (χ2n) is 5.31. The number of hydrogen-bond acceptors (Lipinski definition) is 3. The van der Waals surface area contributed by atoms with E-state index >= 15 is 0 Å². The van der Waals surface area contributed by atoms with E-state index in [0.717, 1.165) is 39.0 Å². The van der Waals surface area contributed by atoms with Gasteiger partial charge in [0.05, 0.1) is 6.61 Å². The van der Waals surface area contributed by atoms with Crippen LogP contribution in [0, 0.1) is 5.92 Å². The van der Waals surface area contributed by atoms with Gasteiger partial charge >= 0.3 is 0 Å². The summed E-state index contributed by atoms with van der Waals surface area (Å²) in [6.45, 7) is 2.42. The minimum atomic E-state index is 0.684. The minimum absolute atomic E-state index is 0.684. The maximum absolute atomic E-state index is 5.91. The zero-order valence-corrected chi connectivity index (χ0v) is 13.0. The molecular formula is C14H29N3OS. The second kappa shape index (κ2) is 10.4. The molecule has 1 aliphatic rings. The molecule has 112 valence electrons. The monoisotopic (exact) mass is 287 g/mol. The van der Waals surface area contributed by atoms with E-state index in [9.17, 15) is 0 Å². The lowest BCUT2D eigenvalue weighted by Gasteiger charge is -2.28. The second-order valence-corrected chi connectivity index (χ2v) is 5.69. The van der Waals surface area contributed by atoms with Crippen molar-refractivity contribution in [1.29, 1.82) is 0 Å². The molecular weight excluding hydrogens is 258 g/mol. The van der Waals surface area contributed by atoms with Crippen molar-refractivity contribution in [2.24, 2.45) is 11.7 Å². The molecule has 0 aromatic heterocycles. The summed E-state index contributed by atoms with van der Waals surface area (Å²) in [5, 5.41) is 5.53. The highest BCUT2D eigenvalue weighted by Gasteiger charge is 2.16. The average molecular weight is 287 g/mol. The predicted molar refractivity (Wildman–Crippen MR) is 83.8 cm³/mol. The molecule has 0 amide bonds. The number of hydrogen-bond donors (Lipinski definition) is 2. The van der Waals surface area contributed by atoms with E-state index in [0.29, 0.717) is 11.0 Å². The molecule has 1 fully saturated rings. The fraction of sp³-hybridized carbons (Fsp3) is 0.929. The zero-order valence-electron chi connectivity index (χ0n) is 12.2. The third-order valence-corrected chi connectivity index (χ3v) is 4.10. The van der Waals surface area contributed by atoms with Gasteiger partial charge in [0, 0.05) is 13.6 Å². The van der Waals surface area contributed by atoms with Crippen LogP contribution in [0.1, 0.15) is 51.4 Å². The molecule has 1 aliphatic carbocycles. The Morgan fingerprint density at radius 1 is 1.26 bits per heavy atom. The highest BCUT2D eigenvalue weighted by Crippen LogP contribution is 2.24. The average Bonchev–Trinajstić information content (AvgIpc) is 2.47. The summed E-state index contributed by atoms with van der Waals surface area (Å²) in [4.78, 5) is 5.91. The summed E-state index contributed by atoms with van der Waals surface area (Å²) in [6, 6.07) is 0. The Labute approximate surface area is 123 Å². The van der Waals surface area contributed by atoms with Crippen molar-refractivity contribution in [2.45, 2.75) is 51.4 Å².